The Labute approximate surface area is 82.6 Å². The number of methoxy groups -OCH3 is 1. The van der Waals surface area contributed by atoms with Gasteiger partial charge in [0.1, 0.15) is 11.5 Å². The molecule has 1 aliphatic heterocycles. The summed E-state index contributed by atoms with van der Waals surface area (Å²) in [5, 5.41) is 0. The van der Waals surface area contributed by atoms with E-state index in [4.69, 9.17) is 19.9 Å². The van der Waals surface area contributed by atoms with Gasteiger partial charge < -0.3 is 19.9 Å². The molecule has 0 saturated heterocycles. The summed E-state index contributed by atoms with van der Waals surface area (Å²) in [6.07, 6.45) is 0. The molecule has 1 aromatic carbocycles. The van der Waals surface area contributed by atoms with Gasteiger partial charge in [0.25, 0.3) is 0 Å². The summed E-state index contributed by atoms with van der Waals surface area (Å²) >= 11 is 0. The zero-order valence-electron chi connectivity index (χ0n) is 8.08. The minimum Gasteiger partial charge on any atom is -0.496 e. The Hall–Kier alpha value is -1.26. The fraction of sp³-hybridized carbons (Fsp3) is 0.400. The molecular weight excluding hydrogens is 182 g/mol. The van der Waals surface area contributed by atoms with Crippen LogP contribution in [0.4, 0.5) is 0 Å². The van der Waals surface area contributed by atoms with Gasteiger partial charge in [0, 0.05) is 17.7 Å². The number of rotatable bonds is 2. The van der Waals surface area contributed by atoms with E-state index >= 15 is 0 Å². The van der Waals surface area contributed by atoms with Crippen LogP contribution in [0.3, 0.4) is 0 Å². The maximum atomic E-state index is 5.59. The lowest BCUT2D eigenvalue weighted by atomic mass is 10.1. The summed E-state index contributed by atoms with van der Waals surface area (Å²) in [6.45, 7) is 1.32. The van der Waals surface area contributed by atoms with E-state index in [1.54, 1.807) is 7.11 Å². The molecule has 1 aliphatic rings. The Balaban J connectivity index is 2.43. The van der Waals surface area contributed by atoms with Crippen LogP contribution in [0.1, 0.15) is 11.1 Å². The van der Waals surface area contributed by atoms with Crippen molar-refractivity contribution in [2.45, 2.75) is 13.2 Å². The van der Waals surface area contributed by atoms with Crippen LogP contribution in [-0.2, 0) is 17.9 Å². The SMILES string of the molecule is COc1cc2c(cc1CN)OCOC2. The number of benzene rings is 1. The van der Waals surface area contributed by atoms with Crippen LogP contribution < -0.4 is 15.2 Å². The Kier molecular flexibility index (Phi) is 2.56. The lowest BCUT2D eigenvalue weighted by molar-refractivity contribution is -0.0165. The van der Waals surface area contributed by atoms with Crippen molar-refractivity contribution in [1.82, 2.24) is 0 Å². The van der Waals surface area contributed by atoms with Gasteiger partial charge in [-0.15, -0.1) is 0 Å². The van der Waals surface area contributed by atoms with Crippen molar-refractivity contribution in [1.29, 1.82) is 0 Å². The van der Waals surface area contributed by atoms with Gasteiger partial charge in [-0.1, -0.05) is 0 Å². The molecule has 76 valence electrons. The van der Waals surface area contributed by atoms with Gasteiger partial charge in [-0.3, -0.25) is 0 Å². The van der Waals surface area contributed by atoms with Gasteiger partial charge in [-0.2, -0.15) is 0 Å². The molecule has 0 amide bonds. The molecule has 2 N–H and O–H groups in total. The van der Waals surface area contributed by atoms with E-state index in [1.165, 1.54) is 0 Å². The average molecular weight is 195 g/mol. The van der Waals surface area contributed by atoms with Gasteiger partial charge in [0.15, 0.2) is 6.79 Å². The first kappa shape index (κ1) is 9.30. The molecule has 0 fully saturated rings. The Morgan fingerprint density at radius 2 is 2.36 bits per heavy atom. The maximum Gasteiger partial charge on any atom is 0.189 e. The van der Waals surface area contributed by atoms with Gasteiger partial charge >= 0.3 is 0 Å². The predicted molar refractivity (Wildman–Crippen MR) is 51.2 cm³/mol. The second-order valence-electron chi connectivity index (χ2n) is 3.09. The minimum atomic E-state index is 0.309. The van der Waals surface area contributed by atoms with Crippen LogP contribution in [0.25, 0.3) is 0 Å². The summed E-state index contributed by atoms with van der Waals surface area (Å²) < 4.78 is 15.7. The van der Waals surface area contributed by atoms with Crippen molar-refractivity contribution in [2.75, 3.05) is 13.9 Å². The van der Waals surface area contributed by atoms with Crippen LogP contribution in [0.15, 0.2) is 12.1 Å². The summed E-state index contributed by atoms with van der Waals surface area (Å²) in [7, 11) is 1.63. The van der Waals surface area contributed by atoms with Crippen LogP contribution >= 0.6 is 0 Å². The number of hydrogen-bond acceptors (Lipinski definition) is 4. The second-order valence-corrected chi connectivity index (χ2v) is 3.09. The predicted octanol–water partition coefficient (Wildman–Crippen LogP) is 1.02. The van der Waals surface area contributed by atoms with Gasteiger partial charge in [0.2, 0.25) is 0 Å². The normalized spacial score (nSPS) is 14.4. The largest absolute Gasteiger partial charge is 0.496 e. The van der Waals surface area contributed by atoms with Gasteiger partial charge in [0.05, 0.1) is 13.7 Å². The van der Waals surface area contributed by atoms with Gasteiger partial charge in [-0.25, -0.2) is 0 Å². The van der Waals surface area contributed by atoms with Crippen LogP contribution in [0, 0.1) is 0 Å². The smallest absolute Gasteiger partial charge is 0.189 e. The van der Waals surface area contributed by atoms with Crippen molar-refractivity contribution in [3.05, 3.63) is 23.3 Å². The molecule has 0 radical (unpaired) electrons. The Morgan fingerprint density at radius 3 is 3.07 bits per heavy atom. The standard InChI is InChI=1S/C10H13NO3/c1-12-9-3-8-5-13-6-14-10(8)2-7(9)4-11/h2-3H,4-6,11H2,1H3. The quantitative estimate of drug-likeness (QED) is 0.765. The summed E-state index contributed by atoms with van der Waals surface area (Å²) in [5.74, 6) is 1.64. The van der Waals surface area contributed by atoms with Crippen molar-refractivity contribution in [3.63, 3.8) is 0 Å². The third-order valence-corrected chi connectivity index (χ3v) is 2.24. The molecule has 0 unspecified atom stereocenters. The first-order valence-corrected chi connectivity index (χ1v) is 4.45. The molecule has 0 aliphatic carbocycles. The van der Waals surface area contributed by atoms with Crippen molar-refractivity contribution in [2.24, 2.45) is 5.73 Å². The zero-order valence-corrected chi connectivity index (χ0v) is 8.08. The van der Waals surface area contributed by atoms with E-state index in [0.717, 1.165) is 22.6 Å². The van der Waals surface area contributed by atoms with E-state index in [9.17, 15) is 0 Å². The second kappa shape index (κ2) is 3.86. The number of ether oxygens (including phenoxy) is 3. The molecule has 0 saturated carbocycles. The molecular formula is C10H13NO3. The maximum absolute atomic E-state index is 5.59. The third kappa shape index (κ3) is 1.54. The first-order valence-electron chi connectivity index (χ1n) is 4.45. The molecule has 2 rings (SSSR count). The summed E-state index contributed by atoms with van der Waals surface area (Å²) in [4.78, 5) is 0. The summed E-state index contributed by atoms with van der Waals surface area (Å²) in [6, 6.07) is 3.83. The number of hydrogen-bond donors (Lipinski definition) is 1. The number of nitrogens with two attached hydrogens (primary N) is 1. The average Bonchev–Trinajstić information content (AvgIpc) is 2.27. The third-order valence-electron chi connectivity index (χ3n) is 2.24. The van der Waals surface area contributed by atoms with E-state index < -0.39 is 0 Å². The van der Waals surface area contributed by atoms with Gasteiger partial charge in [-0.05, 0) is 12.1 Å². The highest BCUT2D eigenvalue weighted by Gasteiger charge is 2.14. The van der Waals surface area contributed by atoms with E-state index in [1.807, 2.05) is 12.1 Å². The van der Waals surface area contributed by atoms with E-state index in [2.05, 4.69) is 0 Å². The lowest BCUT2D eigenvalue weighted by Gasteiger charge is -2.19. The molecule has 0 spiro atoms. The van der Waals surface area contributed by atoms with Crippen molar-refractivity contribution < 1.29 is 14.2 Å². The number of fused-ring (bicyclic) bond motifs is 1. The van der Waals surface area contributed by atoms with Crippen LogP contribution in [0.5, 0.6) is 11.5 Å². The summed E-state index contributed by atoms with van der Waals surface area (Å²) in [5.41, 5.74) is 7.55. The van der Waals surface area contributed by atoms with Crippen molar-refractivity contribution in [3.8, 4) is 11.5 Å². The fourth-order valence-electron chi connectivity index (χ4n) is 1.50. The molecule has 1 aromatic rings. The molecule has 14 heavy (non-hydrogen) atoms. The highest BCUT2D eigenvalue weighted by atomic mass is 16.7. The highest BCUT2D eigenvalue weighted by Crippen LogP contribution is 2.31. The monoisotopic (exact) mass is 195 g/mol. The molecule has 4 heteroatoms. The molecule has 0 aromatic heterocycles. The molecule has 0 bridgehead atoms. The first-order chi connectivity index (χ1) is 6.85. The lowest BCUT2D eigenvalue weighted by Crippen LogP contribution is -2.12. The minimum absolute atomic E-state index is 0.309. The molecule has 1 heterocycles. The van der Waals surface area contributed by atoms with E-state index in [-0.39, 0.29) is 0 Å². The molecule has 4 nitrogen and oxygen atoms in total. The molecule has 0 atom stereocenters. The van der Waals surface area contributed by atoms with E-state index in [0.29, 0.717) is 19.9 Å². The zero-order chi connectivity index (χ0) is 9.97. The Bertz CT molecular complexity index is 294. The highest BCUT2D eigenvalue weighted by molar-refractivity contribution is 5.46. The Morgan fingerprint density at radius 1 is 1.50 bits per heavy atom. The van der Waals surface area contributed by atoms with Crippen molar-refractivity contribution >= 4 is 0 Å². The van der Waals surface area contributed by atoms with Crippen LogP contribution in [0.2, 0.25) is 0 Å². The fourth-order valence-corrected chi connectivity index (χ4v) is 1.50. The van der Waals surface area contributed by atoms with Crippen LogP contribution in [-0.4, -0.2) is 13.9 Å². The topological polar surface area (TPSA) is 53.7 Å².